The van der Waals surface area contributed by atoms with E-state index >= 15 is 0 Å². The highest BCUT2D eigenvalue weighted by molar-refractivity contribution is 5.98. The Kier molecular flexibility index (Phi) is 6.92. The van der Waals surface area contributed by atoms with Gasteiger partial charge in [-0.15, -0.1) is 0 Å². The molecule has 1 unspecified atom stereocenters. The Morgan fingerprint density at radius 1 is 1.07 bits per heavy atom. The minimum atomic E-state index is -0.625. The summed E-state index contributed by atoms with van der Waals surface area (Å²) in [4.78, 5) is 39.7. The van der Waals surface area contributed by atoms with E-state index in [0.29, 0.717) is 37.3 Å². The Bertz CT molecular complexity index is 884. The highest BCUT2D eigenvalue weighted by Crippen LogP contribution is 2.15. The summed E-state index contributed by atoms with van der Waals surface area (Å²) in [7, 11) is 0. The third kappa shape index (κ3) is 5.09. The lowest BCUT2D eigenvalue weighted by molar-refractivity contribution is -0.124. The number of rotatable bonds is 6. The molecule has 3 amide bonds. The smallest absolute Gasteiger partial charge is 0.289 e. The topological polar surface area (TPSA) is 91.7 Å². The molecule has 3 rings (SSSR count). The molecule has 7 nitrogen and oxygen atoms in total. The van der Waals surface area contributed by atoms with E-state index < -0.39 is 6.04 Å². The van der Waals surface area contributed by atoms with Gasteiger partial charge in [-0.1, -0.05) is 32.0 Å². The molecule has 1 aliphatic rings. The number of carbonyl (C=O) groups is 3. The minimum Gasteiger partial charge on any atom is -0.459 e. The average Bonchev–Trinajstić information content (AvgIpc) is 3.26. The van der Waals surface area contributed by atoms with Crippen molar-refractivity contribution >= 4 is 17.7 Å². The van der Waals surface area contributed by atoms with Gasteiger partial charge in [-0.25, -0.2) is 0 Å². The fraction of sp³-hybridized carbons (Fsp3) is 0.435. The number of nitrogens with one attached hydrogen (secondary N) is 2. The maximum atomic E-state index is 12.9. The third-order valence-corrected chi connectivity index (χ3v) is 5.49. The van der Waals surface area contributed by atoms with Gasteiger partial charge < -0.3 is 20.0 Å². The maximum absolute atomic E-state index is 12.9. The van der Waals surface area contributed by atoms with Crippen LogP contribution in [0, 0.1) is 12.8 Å². The Balaban J connectivity index is 1.55. The monoisotopic (exact) mass is 411 g/mol. The SMILES string of the molecule is Cc1ccccc1C(=O)NC(C(=O)NC1CCN(C(=O)c2ccco2)CC1)C(C)C. The van der Waals surface area contributed by atoms with Crippen LogP contribution in [0.5, 0.6) is 0 Å². The number of carbonyl (C=O) groups excluding carboxylic acids is 3. The number of piperidine rings is 1. The zero-order valence-electron chi connectivity index (χ0n) is 17.7. The molecule has 1 fully saturated rings. The van der Waals surface area contributed by atoms with Gasteiger partial charge in [0.2, 0.25) is 5.91 Å². The van der Waals surface area contributed by atoms with Crippen molar-refractivity contribution in [1.29, 1.82) is 0 Å². The van der Waals surface area contributed by atoms with Gasteiger partial charge in [-0.3, -0.25) is 14.4 Å². The van der Waals surface area contributed by atoms with Gasteiger partial charge in [-0.05, 0) is 49.4 Å². The molecule has 160 valence electrons. The van der Waals surface area contributed by atoms with Gasteiger partial charge in [0, 0.05) is 24.7 Å². The number of benzene rings is 1. The van der Waals surface area contributed by atoms with Crippen LogP contribution in [-0.4, -0.2) is 47.8 Å². The Labute approximate surface area is 176 Å². The summed E-state index contributed by atoms with van der Waals surface area (Å²) >= 11 is 0. The molecule has 0 radical (unpaired) electrons. The van der Waals surface area contributed by atoms with Crippen molar-refractivity contribution in [2.45, 2.75) is 45.7 Å². The van der Waals surface area contributed by atoms with E-state index in [9.17, 15) is 14.4 Å². The normalized spacial score (nSPS) is 15.7. The van der Waals surface area contributed by atoms with Crippen LogP contribution in [0.2, 0.25) is 0 Å². The van der Waals surface area contributed by atoms with Crippen LogP contribution in [0.3, 0.4) is 0 Å². The summed E-state index contributed by atoms with van der Waals surface area (Å²) < 4.78 is 5.18. The second-order valence-electron chi connectivity index (χ2n) is 8.06. The molecule has 0 saturated carbocycles. The Hall–Kier alpha value is -3.09. The Morgan fingerprint density at radius 2 is 1.77 bits per heavy atom. The van der Waals surface area contributed by atoms with E-state index in [1.807, 2.05) is 39.0 Å². The van der Waals surface area contributed by atoms with Crippen molar-refractivity contribution in [1.82, 2.24) is 15.5 Å². The minimum absolute atomic E-state index is 0.0326. The summed E-state index contributed by atoms with van der Waals surface area (Å²) in [6, 6.07) is 10.0. The third-order valence-electron chi connectivity index (χ3n) is 5.49. The molecule has 0 bridgehead atoms. The quantitative estimate of drug-likeness (QED) is 0.765. The lowest BCUT2D eigenvalue weighted by Gasteiger charge is -2.33. The molecule has 30 heavy (non-hydrogen) atoms. The fourth-order valence-electron chi connectivity index (χ4n) is 3.66. The number of hydrogen-bond acceptors (Lipinski definition) is 4. The van der Waals surface area contributed by atoms with Crippen LogP contribution in [0.25, 0.3) is 0 Å². The van der Waals surface area contributed by atoms with Crippen LogP contribution in [0.15, 0.2) is 47.1 Å². The number of nitrogens with zero attached hydrogens (tertiary/aromatic N) is 1. The summed E-state index contributed by atoms with van der Waals surface area (Å²) in [5, 5.41) is 5.93. The molecule has 1 saturated heterocycles. The molecule has 0 aliphatic carbocycles. The zero-order valence-corrected chi connectivity index (χ0v) is 17.7. The lowest BCUT2D eigenvalue weighted by Crippen LogP contribution is -2.54. The molecular formula is C23H29N3O4. The van der Waals surface area contributed by atoms with Crippen LogP contribution in [0.4, 0.5) is 0 Å². The van der Waals surface area contributed by atoms with Gasteiger partial charge in [0.25, 0.3) is 11.8 Å². The first kappa shape index (κ1) is 21.6. The molecule has 2 heterocycles. The van der Waals surface area contributed by atoms with E-state index in [-0.39, 0.29) is 29.7 Å². The molecule has 2 aromatic rings. The summed E-state index contributed by atoms with van der Waals surface area (Å²) in [5.41, 5.74) is 1.44. The standard InChI is InChI=1S/C23H29N3O4/c1-15(2)20(25-21(27)18-8-5-4-7-16(18)3)22(28)24-17-10-12-26(13-11-17)23(29)19-9-6-14-30-19/h4-9,14-15,17,20H,10-13H2,1-3H3,(H,24,28)(H,25,27). The highest BCUT2D eigenvalue weighted by atomic mass is 16.3. The van der Waals surface area contributed by atoms with Gasteiger partial charge in [-0.2, -0.15) is 0 Å². The summed E-state index contributed by atoms with van der Waals surface area (Å²) in [6.07, 6.45) is 2.81. The molecule has 1 aliphatic heterocycles. The summed E-state index contributed by atoms with van der Waals surface area (Å²) in [6.45, 7) is 6.79. The first-order valence-electron chi connectivity index (χ1n) is 10.4. The molecule has 7 heteroatoms. The Morgan fingerprint density at radius 3 is 2.37 bits per heavy atom. The highest BCUT2D eigenvalue weighted by Gasteiger charge is 2.30. The van der Waals surface area contributed by atoms with E-state index in [1.54, 1.807) is 23.1 Å². The predicted molar refractivity (Wildman–Crippen MR) is 113 cm³/mol. The predicted octanol–water partition coefficient (Wildman–Crippen LogP) is 2.76. The van der Waals surface area contributed by atoms with Crippen LogP contribution >= 0.6 is 0 Å². The van der Waals surface area contributed by atoms with Crippen LogP contribution < -0.4 is 10.6 Å². The van der Waals surface area contributed by atoms with E-state index in [1.165, 1.54) is 6.26 Å². The number of amides is 3. The number of hydrogen-bond donors (Lipinski definition) is 2. The molecule has 0 spiro atoms. The maximum Gasteiger partial charge on any atom is 0.289 e. The van der Waals surface area contributed by atoms with E-state index in [4.69, 9.17) is 4.42 Å². The van der Waals surface area contributed by atoms with E-state index in [0.717, 1.165) is 5.56 Å². The van der Waals surface area contributed by atoms with Crippen LogP contribution in [0.1, 0.15) is 53.2 Å². The second kappa shape index (κ2) is 9.61. The van der Waals surface area contributed by atoms with Crippen molar-refractivity contribution in [3.8, 4) is 0 Å². The zero-order chi connectivity index (χ0) is 21.7. The van der Waals surface area contributed by atoms with Crippen molar-refractivity contribution in [3.05, 3.63) is 59.5 Å². The van der Waals surface area contributed by atoms with Gasteiger partial charge in [0.15, 0.2) is 5.76 Å². The van der Waals surface area contributed by atoms with Crippen molar-refractivity contribution < 1.29 is 18.8 Å². The molecule has 2 N–H and O–H groups in total. The van der Waals surface area contributed by atoms with Crippen molar-refractivity contribution in [3.63, 3.8) is 0 Å². The van der Waals surface area contributed by atoms with Crippen LogP contribution in [-0.2, 0) is 4.79 Å². The molecule has 1 aromatic heterocycles. The van der Waals surface area contributed by atoms with E-state index in [2.05, 4.69) is 10.6 Å². The number of likely N-dealkylation sites (tertiary alicyclic amines) is 1. The van der Waals surface area contributed by atoms with Gasteiger partial charge in [0.05, 0.1) is 6.26 Å². The first-order valence-corrected chi connectivity index (χ1v) is 10.4. The van der Waals surface area contributed by atoms with Gasteiger partial charge in [0.1, 0.15) is 6.04 Å². The first-order chi connectivity index (χ1) is 14.4. The second-order valence-corrected chi connectivity index (χ2v) is 8.06. The van der Waals surface area contributed by atoms with Crippen molar-refractivity contribution in [2.24, 2.45) is 5.92 Å². The average molecular weight is 412 g/mol. The fourth-order valence-corrected chi connectivity index (χ4v) is 3.66. The molecule has 1 atom stereocenters. The lowest BCUT2D eigenvalue weighted by atomic mass is 9.99. The largest absolute Gasteiger partial charge is 0.459 e. The number of furan rings is 1. The van der Waals surface area contributed by atoms with Crippen molar-refractivity contribution in [2.75, 3.05) is 13.1 Å². The molecular weight excluding hydrogens is 382 g/mol. The summed E-state index contributed by atoms with van der Waals surface area (Å²) in [5.74, 6) is -0.297. The van der Waals surface area contributed by atoms with Gasteiger partial charge >= 0.3 is 0 Å². The number of aryl methyl sites for hydroxylation is 1. The molecule has 1 aromatic carbocycles.